The van der Waals surface area contributed by atoms with Crippen molar-refractivity contribution >= 4 is 50.4 Å². The van der Waals surface area contributed by atoms with Gasteiger partial charge < -0.3 is 61.7 Å². The Morgan fingerprint density at radius 3 is 1.07 bits per heavy atom. The Hall–Kier alpha value is -1.71. The Morgan fingerprint density at radius 1 is 0.457 bits per heavy atom. The zero-order chi connectivity index (χ0) is 66.4. The number of phosphoric acid groups is 2. The zero-order valence-electron chi connectivity index (χ0n) is 58.3. The third-order valence-corrected chi connectivity index (χ3v) is 17.2. The predicted octanol–water partition coefficient (Wildman–Crippen LogP) is 9.80. The van der Waals surface area contributed by atoms with Gasteiger partial charge in [-0.15, -0.1) is 0 Å². The maximum absolute atomic E-state index is 12.8. The van der Waals surface area contributed by atoms with Gasteiger partial charge in [0.05, 0.1) is 39.1 Å². The summed E-state index contributed by atoms with van der Waals surface area (Å²) in [7, 11) is -8.80. The molecule has 2 rings (SSSR count). The molecule has 0 saturated heterocycles. The quantitative estimate of drug-likeness (QED) is 0.0205. The van der Waals surface area contributed by atoms with E-state index < -0.39 is 97.5 Å². The van der Waals surface area contributed by atoms with E-state index in [-0.39, 0.29) is 90.4 Å². The van der Waals surface area contributed by atoms with E-state index >= 15 is 0 Å². The number of esters is 4. The fraction of sp³-hybridized carbons (Fsp3) is 0.809. The van der Waals surface area contributed by atoms with Crippen molar-refractivity contribution in [1.82, 2.24) is 4.98 Å². The molecule has 2 N–H and O–H groups in total. The number of ether oxygens (including phenoxy) is 5. The van der Waals surface area contributed by atoms with Crippen LogP contribution in [0.15, 0.2) is 29.1 Å². The molecule has 1 aromatic heterocycles. The number of hydrogen-bond acceptors (Lipinski definition) is 19. The van der Waals surface area contributed by atoms with Gasteiger partial charge in [-0.1, -0.05) is 245 Å². The number of hydrogen-bond donors (Lipinski definition) is 2. The van der Waals surface area contributed by atoms with Crippen molar-refractivity contribution in [1.29, 1.82) is 0 Å². The van der Waals surface area contributed by atoms with Gasteiger partial charge >= 0.3 is 83.0 Å². The number of aliphatic hydroxyl groups excluding tert-OH is 1. The Balaban J connectivity index is 0. The second-order valence-electron chi connectivity index (χ2n) is 23.8. The Labute approximate surface area is 597 Å². The van der Waals surface area contributed by atoms with E-state index in [0.717, 1.165) is 119 Å². The molecule has 0 aliphatic carbocycles. The van der Waals surface area contributed by atoms with E-state index in [1.807, 2.05) is 25.1 Å². The zero-order valence-corrected chi connectivity index (χ0v) is 64.0. The number of aryl methyl sites for hydroxylation is 1. The first-order valence-electron chi connectivity index (χ1n) is 34.6. The molecule has 0 radical (unpaired) electrons. The van der Waals surface area contributed by atoms with Crippen molar-refractivity contribution in [3.63, 3.8) is 0 Å². The number of carbonyl (C=O) groups excluding carboxylic acids is 4. The van der Waals surface area contributed by atoms with Crippen LogP contribution < -0.4 is 79.2 Å². The first kappa shape index (κ1) is 92.3. The fourth-order valence-electron chi connectivity index (χ4n) is 9.98. The summed E-state index contributed by atoms with van der Waals surface area (Å²) in [6.45, 7) is 6.28. The van der Waals surface area contributed by atoms with Crippen molar-refractivity contribution < 1.29 is 144 Å². The number of H-pyrrole nitrogens is 1. The minimum Gasteiger partial charge on any atom is -0.756 e. The molecule has 0 bridgehead atoms. The number of para-hydroxylation sites is 1. The summed E-state index contributed by atoms with van der Waals surface area (Å²) in [6, 6.07) is 7.29. The van der Waals surface area contributed by atoms with Crippen LogP contribution in [0.25, 0.3) is 10.9 Å². The minimum atomic E-state index is -5.20. The van der Waals surface area contributed by atoms with E-state index in [0.29, 0.717) is 31.4 Å². The Bertz CT molecular complexity index is 2210. The number of aromatic nitrogens is 1. The van der Waals surface area contributed by atoms with Gasteiger partial charge in [-0.2, -0.15) is 0 Å². The number of methoxy groups -OCH3 is 1. The molecule has 24 heteroatoms. The predicted molar refractivity (Wildman–Crippen MR) is 350 cm³/mol. The van der Waals surface area contributed by atoms with Crippen LogP contribution in [0.4, 0.5) is 0 Å². The molecule has 92 heavy (non-hydrogen) atoms. The van der Waals surface area contributed by atoms with Crippen LogP contribution >= 0.6 is 15.6 Å². The van der Waals surface area contributed by atoms with Crippen molar-refractivity contribution in [3.8, 4) is 5.75 Å². The molecule has 4 atom stereocenters. The summed E-state index contributed by atoms with van der Waals surface area (Å²) in [5.41, 5.74) is 1.63. The normalized spacial score (nSPS) is 13.4. The molecule has 20 nitrogen and oxygen atoms in total. The maximum atomic E-state index is 12.8. The molecule has 0 saturated carbocycles. The van der Waals surface area contributed by atoms with Gasteiger partial charge in [0.1, 0.15) is 25.1 Å². The largest absolute Gasteiger partial charge is 1.00 e. The number of nitrogens with one attached hydrogen (secondary N) is 1. The number of phosphoric ester groups is 2. The third kappa shape index (κ3) is 53.4. The molecule has 1 aromatic carbocycles. The molecule has 0 aliphatic heterocycles. The average molecular weight is 1360 g/mol. The van der Waals surface area contributed by atoms with Crippen molar-refractivity contribution in [2.24, 2.45) is 0 Å². The second-order valence-corrected chi connectivity index (χ2v) is 26.7. The number of carbonyl (C=O) groups is 4. The van der Waals surface area contributed by atoms with Gasteiger partial charge in [-0.3, -0.25) is 33.1 Å². The molecule has 522 valence electrons. The summed E-state index contributed by atoms with van der Waals surface area (Å²) >= 11 is 0. The van der Waals surface area contributed by atoms with Crippen molar-refractivity contribution in [2.45, 2.75) is 310 Å². The van der Waals surface area contributed by atoms with Crippen molar-refractivity contribution in [2.75, 3.05) is 46.8 Å². The van der Waals surface area contributed by atoms with Crippen LogP contribution in [0.2, 0.25) is 0 Å². The van der Waals surface area contributed by atoms with Crippen LogP contribution in [-0.4, -0.2) is 99.0 Å². The molecule has 0 aliphatic rings. The molecule has 0 amide bonds. The standard InChI is InChI=1S/C57H110O17P2.C11H11NO2.2Na/c1-5-9-13-17-21-25-29-33-37-41-54(59)67-47-52(73-56(61)43-39-35-31-27-23-19-15-11-7-3)49-71-75(63,64)69-45-51(58)46-70-76(65,66)72-50-53(74-57(62)44-40-36-32-28-24-20-16-12-8-4)48-68-55(60)42-38-34-30-26-22-18-14-10-6-2;1-7-6-10(13)12-11-8(7)4-3-5-9(11)14-2;;/h51-53,58H,5-50H2,1-4H3,(H,63,64)(H,65,66);3-6H,1-2H3,(H,12,13);;/q;;2*+1/p-2. The summed E-state index contributed by atoms with van der Waals surface area (Å²) in [6.07, 6.45) is 34.2. The first-order valence-corrected chi connectivity index (χ1v) is 37.6. The molecule has 1 heterocycles. The molecule has 0 spiro atoms. The smallest absolute Gasteiger partial charge is 0.756 e. The fourth-order valence-corrected chi connectivity index (χ4v) is 11.5. The van der Waals surface area contributed by atoms with Crippen LogP contribution in [-0.2, 0) is 65.4 Å². The van der Waals surface area contributed by atoms with Crippen LogP contribution in [0.5, 0.6) is 5.75 Å². The number of rotatable bonds is 59. The SMILES string of the molecule is CCCCCCCCCCCC(=O)OCC(COP(=O)([O-])OCC(O)COP(=O)([O-])OCC(COC(=O)CCCCCCCCCCC)OC(=O)CCCCCCCCCCC)OC(=O)CCCCCCCCCCC.COc1cccc2c(C)cc(=O)[nH]c12.[Na+].[Na+]. The maximum Gasteiger partial charge on any atom is 1.00 e. The Kier molecular flexibility index (Phi) is 61.8. The number of aliphatic hydroxyl groups is 1. The Morgan fingerprint density at radius 2 is 0.750 bits per heavy atom. The van der Waals surface area contributed by atoms with Crippen LogP contribution in [0.1, 0.15) is 290 Å². The van der Waals surface area contributed by atoms with Gasteiger partial charge in [0, 0.05) is 37.1 Å². The molecular formula is C68H119NNa2O19P2. The number of benzene rings is 1. The van der Waals surface area contributed by atoms with Crippen LogP contribution in [0.3, 0.4) is 0 Å². The minimum absolute atomic E-state index is 0. The van der Waals surface area contributed by atoms with Gasteiger partial charge in [0.25, 0.3) is 15.6 Å². The van der Waals surface area contributed by atoms with Gasteiger partial charge in [-0.05, 0) is 44.2 Å². The molecule has 4 unspecified atom stereocenters. The summed E-state index contributed by atoms with van der Waals surface area (Å²) < 4.78 is 71.8. The number of fused-ring (bicyclic) bond motifs is 1. The van der Waals surface area contributed by atoms with Crippen LogP contribution in [0, 0.1) is 6.92 Å². The average Bonchev–Trinajstić information content (AvgIpc) is 1.01. The molecule has 2 aromatic rings. The van der Waals surface area contributed by atoms with E-state index in [4.69, 9.17) is 41.8 Å². The summed E-state index contributed by atoms with van der Waals surface area (Å²) in [4.78, 5) is 90.3. The molecular weight excluding hydrogens is 1240 g/mol. The topological polar surface area (TPSA) is 285 Å². The molecule has 0 fully saturated rings. The third-order valence-electron chi connectivity index (χ3n) is 15.3. The van der Waals surface area contributed by atoms with Gasteiger partial charge in [0.15, 0.2) is 12.2 Å². The number of unbranched alkanes of at least 4 members (excludes halogenated alkanes) is 32. The number of aromatic amines is 1. The summed E-state index contributed by atoms with van der Waals surface area (Å²) in [5.74, 6) is -1.54. The monoisotopic (exact) mass is 1360 g/mol. The van der Waals surface area contributed by atoms with Crippen molar-refractivity contribution in [3.05, 3.63) is 40.2 Å². The number of pyridine rings is 1. The summed E-state index contributed by atoms with van der Waals surface area (Å²) in [5, 5.41) is 11.4. The van der Waals surface area contributed by atoms with Gasteiger partial charge in [0.2, 0.25) is 5.56 Å². The van der Waals surface area contributed by atoms with E-state index in [1.165, 1.54) is 103 Å². The van der Waals surface area contributed by atoms with E-state index in [9.17, 15) is 48.0 Å². The van der Waals surface area contributed by atoms with E-state index in [1.54, 1.807) is 13.2 Å². The van der Waals surface area contributed by atoms with Gasteiger partial charge in [-0.25, -0.2) is 0 Å². The van der Waals surface area contributed by atoms with E-state index in [2.05, 4.69) is 32.7 Å². The second kappa shape index (κ2) is 61.6. The first-order chi connectivity index (χ1) is 43.4.